The first-order chi connectivity index (χ1) is 5.65. The van der Waals surface area contributed by atoms with E-state index in [-0.39, 0.29) is 0 Å². The van der Waals surface area contributed by atoms with Crippen molar-refractivity contribution in [3.63, 3.8) is 0 Å². The lowest BCUT2D eigenvalue weighted by molar-refractivity contribution is 0.433. The van der Waals surface area contributed by atoms with E-state index in [4.69, 9.17) is 5.84 Å². The Morgan fingerprint density at radius 3 is 2.42 bits per heavy atom. The molecule has 0 aliphatic rings. The number of hydrazine groups is 1. The second kappa shape index (κ2) is 5.83. The fourth-order valence-corrected chi connectivity index (χ4v) is 0.882. The Bertz CT molecular complexity index is 144. The van der Waals surface area contributed by atoms with Gasteiger partial charge in [0.25, 0.3) is 0 Å². The Morgan fingerprint density at radius 1 is 1.50 bits per heavy atom. The van der Waals surface area contributed by atoms with Crippen molar-refractivity contribution in [3.8, 4) is 0 Å². The normalized spacial score (nSPS) is 16.9. The second-order valence-electron chi connectivity index (χ2n) is 3.04. The predicted molar refractivity (Wildman–Crippen MR) is 52.7 cm³/mol. The maximum atomic E-state index is 5.23. The topological polar surface area (TPSA) is 62.4 Å². The van der Waals surface area contributed by atoms with Crippen LogP contribution in [0.1, 0.15) is 27.2 Å². The minimum atomic E-state index is 0.393. The van der Waals surface area contributed by atoms with Gasteiger partial charge in [0.15, 0.2) is 0 Å². The lowest BCUT2D eigenvalue weighted by Gasteiger charge is -2.21. The van der Waals surface area contributed by atoms with Crippen LogP contribution in [0, 0.1) is 5.92 Å². The molecule has 2 atom stereocenters. The second-order valence-corrected chi connectivity index (χ2v) is 3.04. The highest BCUT2D eigenvalue weighted by Crippen LogP contribution is 2.05. The van der Waals surface area contributed by atoms with Gasteiger partial charge in [0.1, 0.15) is 0 Å². The molecule has 2 unspecified atom stereocenters. The highest BCUT2D eigenvalue weighted by Gasteiger charge is 2.10. The zero-order valence-electron chi connectivity index (χ0n) is 8.39. The Morgan fingerprint density at radius 2 is 2.08 bits per heavy atom. The highest BCUT2D eigenvalue weighted by molar-refractivity contribution is 5.79. The van der Waals surface area contributed by atoms with Crippen LogP contribution in [0.2, 0.25) is 0 Å². The van der Waals surface area contributed by atoms with Crippen molar-refractivity contribution in [2.45, 2.75) is 33.2 Å². The first-order valence-corrected chi connectivity index (χ1v) is 4.35. The van der Waals surface area contributed by atoms with Crippen LogP contribution < -0.4 is 16.6 Å². The summed E-state index contributed by atoms with van der Waals surface area (Å²) in [5, 5.41) is 3.18. The van der Waals surface area contributed by atoms with Crippen molar-refractivity contribution in [3.05, 3.63) is 0 Å². The van der Waals surface area contributed by atoms with Crippen molar-refractivity contribution < 1.29 is 0 Å². The van der Waals surface area contributed by atoms with Crippen molar-refractivity contribution in [2.24, 2.45) is 16.8 Å². The van der Waals surface area contributed by atoms with Crippen molar-refractivity contribution in [1.82, 2.24) is 10.7 Å². The summed E-state index contributed by atoms with van der Waals surface area (Å²) in [6.45, 7) is 6.49. The average molecular weight is 172 g/mol. The van der Waals surface area contributed by atoms with E-state index in [9.17, 15) is 0 Å². The summed E-state index contributed by atoms with van der Waals surface area (Å²) in [6.07, 6.45) is 1.15. The summed E-state index contributed by atoms with van der Waals surface area (Å²) in [4.78, 5) is 3.93. The standard InChI is InChI=1S/C8H20N4/c1-5-6(2)7(3)11-8(10-4)12-9/h6-7H,5,9H2,1-4H3,(H2,10,11,12). The Labute approximate surface area is 74.6 Å². The van der Waals surface area contributed by atoms with Crippen LogP contribution >= 0.6 is 0 Å². The number of guanidine groups is 1. The Hall–Kier alpha value is -0.770. The zero-order chi connectivity index (χ0) is 9.56. The molecule has 4 heteroatoms. The fraction of sp³-hybridized carbons (Fsp3) is 0.875. The lowest BCUT2D eigenvalue weighted by atomic mass is 10.0. The molecule has 0 heterocycles. The van der Waals surface area contributed by atoms with Gasteiger partial charge >= 0.3 is 0 Å². The number of rotatable bonds is 3. The molecule has 0 bridgehead atoms. The van der Waals surface area contributed by atoms with E-state index >= 15 is 0 Å². The molecule has 0 spiro atoms. The first-order valence-electron chi connectivity index (χ1n) is 4.35. The smallest absolute Gasteiger partial charge is 0.205 e. The predicted octanol–water partition coefficient (Wildman–Crippen LogP) is 0.460. The molecule has 4 nitrogen and oxygen atoms in total. The van der Waals surface area contributed by atoms with Gasteiger partial charge in [-0.1, -0.05) is 20.3 Å². The average Bonchev–Trinajstić information content (AvgIpc) is 2.12. The van der Waals surface area contributed by atoms with Crippen molar-refractivity contribution in [2.75, 3.05) is 7.05 Å². The van der Waals surface area contributed by atoms with Gasteiger partial charge in [0.2, 0.25) is 5.96 Å². The van der Waals surface area contributed by atoms with Crippen LogP contribution in [0.4, 0.5) is 0 Å². The summed E-state index contributed by atoms with van der Waals surface area (Å²) < 4.78 is 0. The molecule has 0 saturated heterocycles. The van der Waals surface area contributed by atoms with E-state index in [0.717, 1.165) is 6.42 Å². The molecule has 0 fully saturated rings. The number of nitrogens with zero attached hydrogens (tertiary/aromatic N) is 1. The van der Waals surface area contributed by atoms with Gasteiger partial charge in [-0.3, -0.25) is 10.4 Å². The van der Waals surface area contributed by atoms with E-state index < -0.39 is 0 Å². The van der Waals surface area contributed by atoms with Crippen LogP contribution in [0.25, 0.3) is 0 Å². The highest BCUT2D eigenvalue weighted by atomic mass is 15.3. The molecule has 0 aromatic carbocycles. The number of nitrogens with one attached hydrogen (secondary N) is 2. The summed E-state index contributed by atoms with van der Waals surface area (Å²) in [5.41, 5.74) is 2.50. The third-order valence-corrected chi connectivity index (χ3v) is 2.22. The maximum absolute atomic E-state index is 5.23. The van der Waals surface area contributed by atoms with Gasteiger partial charge in [-0.15, -0.1) is 0 Å². The summed E-state index contributed by atoms with van der Waals surface area (Å²) in [7, 11) is 1.70. The van der Waals surface area contributed by atoms with E-state index in [1.165, 1.54) is 0 Å². The Kier molecular flexibility index (Phi) is 5.45. The minimum Gasteiger partial charge on any atom is -0.353 e. The number of nitrogens with two attached hydrogens (primary N) is 1. The summed E-state index contributed by atoms with van der Waals surface area (Å²) >= 11 is 0. The maximum Gasteiger partial charge on any atom is 0.205 e. The van der Waals surface area contributed by atoms with Gasteiger partial charge in [-0.2, -0.15) is 0 Å². The summed E-state index contributed by atoms with van der Waals surface area (Å²) in [6, 6.07) is 0.393. The Balaban J connectivity index is 3.89. The van der Waals surface area contributed by atoms with Crippen LogP contribution in [0.5, 0.6) is 0 Å². The van der Waals surface area contributed by atoms with Gasteiger partial charge in [0, 0.05) is 13.1 Å². The van der Waals surface area contributed by atoms with Crippen molar-refractivity contribution in [1.29, 1.82) is 0 Å². The zero-order valence-corrected chi connectivity index (χ0v) is 8.39. The van der Waals surface area contributed by atoms with Gasteiger partial charge in [-0.25, -0.2) is 5.84 Å². The molecular formula is C8H20N4. The number of aliphatic imine (C=N–C) groups is 1. The molecule has 0 rings (SSSR count). The molecule has 0 amide bonds. The van der Waals surface area contributed by atoms with E-state index in [1.54, 1.807) is 7.05 Å². The molecule has 12 heavy (non-hydrogen) atoms. The number of hydrogen-bond acceptors (Lipinski definition) is 2. The van der Waals surface area contributed by atoms with E-state index in [2.05, 4.69) is 36.5 Å². The van der Waals surface area contributed by atoms with Crippen LogP contribution in [0.15, 0.2) is 4.99 Å². The molecule has 0 aromatic rings. The van der Waals surface area contributed by atoms with E-state index in [1.807, 2.05) is 0 Å². The quantitative estimate of drug-likeness (QED) is 0.251. The van der Waals surface area contributed by atoms with E-state index in [0.29, 0.717) is 17.9 Å². The molecule has 0 aromatic heterocycles. The fourth-order valence-electron chi connectivity index (χ4n) is 0.882. The largest absolute Gasteiger partial charge is 0.353 e. The lowest BCUT2D eigenvalue weighted by Crippen LogP contribution is -2.47. The third kappa shape index (κ3) is 3.57. The molecule has 0 aliphatic carbocycles. The number of hydrogen-bond donors (Lipinski definition) is 3. The van der Waals surface area contributed by atoms with Crippen LogP contribution in [0.3, 0.4) is 0 Å². The molecular weight excluding hydrogens is 152 g/mol. The van der Waals surface area contributed by atoms with Gasteiger partial charge in [0.05, 0.1) is 0 Å². The molecule has 0 radical (unpaired) electrons. The third-order valence-electron chi connectivity index (χ3n) is 2.22. The first kappa shape index (κ1) is 11.2. The summed E-state index contributed by atoms with van der Waals surface area (Å²) in [5.74, 6) is 6.49. The van der Waals surface area contributed by atoms with Gasteiger partial charge in [-0.05, 0) is 12.8 Å². The molecule has 4 N–H and O–H groups in total. The van der Waals surface area contributed by atoms with Crippen molar-refractivity contribution >= 4 is 5.96 Å². The molecule has 72 valence electrons. The van der Waals surface area contributed by atoms with Gasteiger partial charge < -0.3 is 5.32 Å². The molecule has 0 aliphatic heterocycles. The molecule has 0 saturated carbocycles. The monoisotopic (exact) mass is 172 g/mol. The SMILES string of the molecule is CCC(C)C(C)NC(=NC)NN. The minimum absolute atomic E-state index is 0.393. The van der Waals surface area contributed by atoms with Crippen LogP contribution in [-0.2, 0) is 0 Å². The van der Waals surface area contributed by atoms with Crippen LogP contribution in [-0.4, -0.2) is 19.0 Å².